The average molecular weight is 284 g/mol. The third-order valence-electron chi connectivity index (χ3n) is 3.31. The van der Waals surface area contributed by atoms with Crippen LogP contribution >= 0.6 is 0 Å². The molecular weight excluding hydrogens is 264 g/mol. The van der Waals surface area contributed by atoms with Crippen LogP contribution in [0.2, 0.25) is 0 Å². The fourth-order valence-corrected chi connectivity index (χ4v) is 2.17. The molecule has 2 aromatic rings. The van der Waals surface area contributed by atoms with Crippen molar-refractivity contribution in [1.82, 2.24) is 5.32 Å². The molecule has 21 heavy (non-hydrogen) atoms. The topological polar surface area (TPSA) is 75.4 Å². The lowest BCUT2D eigenvalue weighted by Crippen LogP contribution is -2.39. The normalized spacial score (nSPS) is 11.9. The number of nitrogens with one attached hydrogen (secondary N) is 1. The van der Waals surface area contributed by atoms with E-state index in [2.05, 4.69) is 5.32 Å². The Kier molecular flexibility index (Phi) is 5.49. The van der Waals surface area contributed by atoms with Gasteiger partial charge in [-0.2, -0.15) is 0 Å². The van der Waals surface area contributed by atoms with Crippen molar-refractivity contribution in [1.29, 1.82) is 0 Å². The number of aliphatic hydroxyl groups excluding tert-OH is 1. The Bertz CT molecular complexity index is 584. The Morgan fingerprint density at radius 2 is 1.81 bits per heavy atom. The van der Waals surface area contributed by atoms with E-state index in [1.54, 1.807) is 12.1 Å². The molecule has 4 nitrogen and oxygen atoms in total. The maximum atomic E-state index is 12.2. The third kappa shape index (κ3) is 4.41. The van der Waals surface area contributed by atoms with Crippen LogP contribution in [0.4, 0.5) is 0 Å². The molecule has 1 atom stereocenters. The first-order chi connectivity index (χ1) is 10.2. The molecule has 4 N–H and O–H groups in total. The summed E-state index contributed by atoms with van der Waals surface area (Å²) in [5.41, 5.74) is 8.12. The molecule has 0 fully saturated rings. The highest BCUT2D eigenvalue weighted by Gasteiger charge is 2.13. The second kappa shape index (κ2) is 7.57. The van der Waals surface area contributed by atoms with Gasteiger partial charge in [-0.15, -0.1) is 0 Å². The van der Waals surface area contributed by atoms with E-state index in [-0.39, 0.29) is 18.6 Å². The Hall–Kier alpha value is -2.17. The van der Waals surface area contributed by atoms with Crippen LogP contribution in [-0.4, -0.2) is 23.7 Å². The summed E-state index contributed by atoms with van der Waals surface area (Å²) in [6.45, 7) is 0.297. The highest BCUT2D eigenvalue weighted by atomic mass is 16.3. The predicted molar refractivity (Wildman–Crippen MR) is 82.8 cm³/mol. The fraction of sp³-hybridized carbons (Fsp3) is 0.235. The van der Waals surface area contributed by atoms with Crippen LogP contribution in [0.25, 0.3) is 0 Å². The monoisotopic (exact) mass is 284 g/mol. The van der Waals surface area contributed by atoms with Crippen LogP contribution in [0, 0.1) is 0 Å². The molecule has 2 rings (SSSR count). The van der Waals surface area contributed by atoms with Gasteiger partial charge in [-0.1, -0.05) is 42.5 Å². The van der Waals surface area contributed by atoms with Gasteiger partial charge in [0, 0.05) is 12.1 Å². The lowest BCUT2D eigenvalue weighted by molar-refractivity contribution is 0.0916. The number of nitrogens with two attached hydrogens (primary N) is 1. The Labute approximate surface area is 124 Å². The van der Waals surface area contributed by atoms with E-state index in [4.69, 9.17) is 5.73 Å². The number of aliphatic hydroxyl groups is 1. The maximum absolute atomic E-state index is 12.2. The number of amides is 1. The van der Waals surface area contributed by atoms with Gasteiger partial charge in [-0.3, -0.25) is 4.79 Å². The first-order valence-electron chi connectivity index (χ1n) is 6.97. The van der Waals surface area contributed by atoms with Gasteiger partial charge in [0.25, 0.3) is 5.91 Å². The summed E-state index contributed by atoms with van der Waals surface area (Å²) in [7, 11) is 0. The molecule has 0 aliphatic heterocycles. The van der Waals surface area contributed by atoms with Crippen LogP contribution < -0.4 is 11.1 Å². The van der Waals surface area contributed by atoms with Gasteiger partial charge in [0.05, 0.1) is 12.6 Å². The maximum Gasteiger partial charge on any atom is 0.251 e. The summed E-state index contributed by atoms with van der Waals surface area (Å²) in [5.74, 6) is -0.194. The molecule has 0 saturated heterocycles. The first-order valence-corrected chi connectivity index (χ1v) is 6.97. The largest absolute Gasteiger partial charge is 0.394 e. The molecule has 110 valence electrons. The van der Waals surface area contributed by atoms with E-state index in [0.717, 1.165) is 11.1 Å². The summed E-state index contributed by atoms with van der Waals surface area (Å²) in [6, 6.07) is 16.7. The molecule has 0 aliphatic rings. The van der Waals surface area contributed by atoms with E-state index >= 15 is 0 Å². The molecule has 0 aromatic heterocycles. The highest BCUT2D eigenvalue weighted by Crippen LogP contribution is 2.07. The number of rotatable bonds is 6. The van der Waals surface area contributed by atoms with Crippen LogP contribution in [0.15, 0.2) is 54.6 Å². The van der Waals surface area contributed by atoms with Crippen LogP contribution in [0.1, 0.15) is 21.5 Å². The van der Waals surface area contributed by atoms with Gasteiger partial charge < -0.3 is 16.2 Å². The zero-order valence-corrected chi connectivity index (χ0v) is 11.8. The Morgan fingerprint density at radius 1 is 1.10 bits per heavy atom. The molecule has 0 saturated carbocycles. The Balaban J connectivity index is 2.02. The summed E-state index contributed by atoms with van der Waals surface area (Å²) >= 11 is 0. The zero-order chi connectivity index (χ0) is 15.1. The molecule has 1 amide bonds. The number of benzene rings is 2. The lowest BCUT2D eigenvalue weighted by Gasteiger charge is -2.16. The Morgan fingerprint density at radius 3 is 2.48 bits per heavy atom. The number of carbonyl (C=O) groups excluding carboxylic acids is 1. The van der Waals surface area contributed by atoms with Crippen LogP contribution in [0.3, 0.4) is 0 Å². The van der Waals surface area contributed by atoms with Crippen molar-refractivity contribution >= 4 is 5.91 Å². The molecular formula is C17H20N2O2. The van der Waals surface area contributed by atoms with Crippen molar-refractivity contribution in [3.63, 3.8) is 0 Å². The molecule has 0 heterocycles. The van der Waals surface area contributed by atoms with E-state index in [0.29, 0.717) is 18.5 Å². The average Bonchev–Trinajstić information content (AvgIpc) is 2.55. The molecule has 0 spiro atoms. The first kappa shape index (κ1) is 15.2. The molecule has 0 aliphatic carbocycles. The van der Waals surface area contributed by atoms with Gasteiger partial charge >= 0.3 is 0 Å². The lowest BCUT2D eigenvalue weighted by atomic mass is 10.1. The summed E-state index contributed by atoms with van der Waals surface area (Å²) in [4.78, 5) is 12.2. The van der Waals surface area contributed by atoms with Crippen molar-refractivity contribution in [3.05, 3.63) is 71.3 Å². The summed E-state index contributed by atoms with van der Waals surface area (Å²) in [6.07, 6.45) is 0.597. The van der Waals surface area contributed by atoms with E-state index in [1.807, 2.05) is 42.5 Å². The zero-order valence-electron chi connectivity index (χ0n) is 11.8. The van der Waals surface area contributed by atoms with Crippen molar-refractivity contribution < 1.29 is 9.90 Å². The predicted octanol–water partition coefficient (Wildman–Crippen LogP) is 1.48. The standard InChI is InChI=1S/C17H20N2O2/c18-11-14-7-4-8-15(9-14)17(21)19-16(12-20)10-13-5-2-1-3-6-13/h1-9,16,20H,10-12,18H2,(H,19,21)/t16-/m1/s1. The van der Waals surface area contributed by atoms with Crippen LogP contribution in [0.5, 0.6) is 0 Å². The van der Waals surface area contributed by atoms with Crippen molar-refractivity contribution in [2.75, 3.05) is 6.61 Å². The second-order valence-corrected chi connectivity index (χ2v) is 4.95. The van der Waals surface area contributed by atoms with Gasteiger partial charge in [-0.05, 0) is 29.7 Å². The van der Waals surface area contributed by atoms with Gasteiger partial charge in [0.15, 0.2) is 0 Å². The highest BCUT2D eigenvalue weighted by molar-refractivity contribution is 5.94. The van der Waals surface area contributed by atoms with Crippen LogP contribution in [-0.2, 0) is 13.0 Å². The smallest absolute Gasteiger partial charge is 0.251 e. The SMILES string of the molecule is NCc1cccc(C(=O)N[C@@H](CO)Cc2ccccc2)c1. The quantitative estimate of drug-likeness (QED) is 0.752. The number of carbonyl (C=O) groups is 1. The molecule has 0 bridgehead atoms. The molecule has 0 radical (unpaired) electrons. The minimum absolute atomic E-state index is 0.1000. The minimum atomic E-state index is -0.304. The molecule has 4 heteroatoms. The number of hydrogen-bond acceptors (Lipinski definition) is 3. The summed E-state index contributed by atoms with van der Waals surface area (Å²) in [5, 5.41) is 12.3. The third-order valence-corrected chi connectivity index (χ3v) is 3.31. The second-order valence-electron chi connectivity index (χ2n) is 4.95. The van der Waals surface area contributed by atoms with Gasteiger partial charge in [0.1, 0.15) is 0 Å². The molecule has 2 aromatic carbocycles. The number of hydrogen-bond donors (Lipinski definition) is 3. The van der Waals surface area contributed by atoms with Crippen molar-refractivity contribution in [2.24, 2.45) is 5.73 Å². The van der Waals surface area contributed by atoms with Gasteiger partial charge in [-0.25, -0.2) is 0 Å². The van der Waals surface area contributed by atoms with Crippen molar-refractivity contribution in [2.45, 2.75) is 19.0 Å². The minimum Gasteiger partial charge on any atom is -0.394 e. The van der Waals surface area contributed by atoms with Crippen molar-refractivity contribution in [3.8, 4) is 0 Å². The molecule has 0 unspecified atom stereocenters. The van der Waals surface area contributed by atoms with Gasteiger partial charge in [0.2, 0.25) is 0 Å². The summed E-state index contributed by atoms with van der Waals surface area (Å²) < 4.78 is 0. The van der Waals surface area contributed by atoms with E-state index in [1.165, 1.54) is 0 Å². The van der Waals surface area contributed by atoms with E-state index < -0.39 is 0 Å². The fourth-order valence-electron chi connectivity index (χ4n) is 2.17. The van der Waals surface area contributed by atoms with E-state index in [9.17, 15) is 9.90 Å².